The van der Waals surface area contributed by atoms with Crippen LogP contribution in [0.25, 0.3) is 0 Å². The molecule has 0 bridgehead atoms. The molecule has 19 heavy (non-hydrogen) atoms. The molecule has 1 aromatic heterocycles. The molecule has 0 amide bonds. The van der Waals surface area contributed by atoms with Crippen LogP contribution in [-0.4, -0.2) is 22.8 Å². The first-order valence-electron chi connectivity index (χ1n) is 5.45. The van der Waals surface area contributed by atoms with Gasteiger partial charge in [-0.1, -0.05) is 11.6 Å². The highest BCUT2D eigenvalue weighted by molar-refractivity contribution is 6.30. The van der Waals surface area contributed by atoms with E-state index in [9.17, 15) is 9.90 Å². The SMILES string of the molecule is O=C(O)c1ccc(C(O)COc2ccc(Cl)cc2)o1. The van der Waals surface area contributed by atoms with Crippen molar-refractivity contribution in [2.45, 2.75) is 6.10 Å². The number of aliphatic hydroxyl groups excluding tert-OH is 1. The quantitative estimate of drug-likeness (QED) is 0.881. The van der Waals surface area contributed by atoms with Crippen LogP contribution in [0.1, 0.15) is 22.4 Å². The predicted octanol–water partition coefficient (Wildman–Crippen LogP) is 2.74. The molecule has 2 N–H and O–H groups in total. The lowest BCUT2D eigenvalue weighted by Crippen LogP contribution is -2.08. The molecule has 1 unspecified atom stereocenters. The van der Waals surface area contributed by atoms with Gasteiger partial charge in [0.2, 0.25) is 5.76 Å². The van der Waals surface area contributed by atoms with Crippen LogP contribution < -0.4 is 4.74 Å². The van der Waals surface area contributed by atoms with Crippen LogP contribution in [0, 0.1) is 0 Å². The first-order valence-corrected chi connectivity index (χ1v) is 5.83. The van der Waals surface area contributed by atoms with E-state index in [2.05, 4.69) is 0 Å². The van der Waals surface area contributed by atoms with Crippen molar-refractivity contribution in [2.75, 3.05) is 6.61 Å². The molecule has 0 aliphatic rings. The second-order valence-corrected chi connectivity index (χ2v) is 4.22. The molecule has 0 spiro atoms. The third kappa shape index (κ3) is 3.49. The Labute approximate surface area is 114 Å². The van der Waals surface area contributed by atoms with Gasteiger partial charge in [0.1, 0.15) is 24.2 Å². The lowest BCUT2D eigenvalue weighted by Gasteiger charge is -2.10. The molecule has 0 aliphatic heterocycles. The number of halogens is 1. The maximum absolute atomic E-state index is 10.6. The summed E-state index contributed by atoms with van der Waals surface area (Å²) >= 11 is 5.73. The van der Waals surface area contributed by atoms with Crippen molar-refractivity contribution < 1.29 is 24.2 Å². The van der Waals surface area contributed by atoms with Gasteiger partial charge in [-0.25, -0.2) is 4.79 Å². The summed E-state index contributed by atoms with van der Waals surface area (Å²) in [6.45, 7) is -0.0474. The Morgan fingerprint density at radius 2 is 1.95 bits per heavy atom. The molecule has 1 aromatic carbocycles. The molecule has 0 saturated heterocycles. The minimum Gasteiger partial charge on any atom is -0.490 e. The molecular formula is C13H11ClO5. The van der Waals surface area contributed by atoms with Gasteiger partial charge in [0, 0.05) is 5.02 Å². The van der Waals surface area contributed by atoms with Crippen LogP contribution in [0.15, 0.2) is 40.8 Å². The Bertz CT molecular complexity index is 561. The summed E-state index contributed by atoms with van der Waals surface area (Å²) < 4.78 is 10.3. The topological polar surface area (TPSA) is 79.9 Å². The Kier molecular flexibility index (Phi) is 4.09. The van der Waals surface area contributed by atoms with Crippen LogP contribution in [0.2, 0.25) is 5.02 Å². The van der Waals surface area contributed by atoms with Gasteiger partial charge in [0.05, 0.1) is 0 Å². The maximum atomic E-state index is 10.6. The van der Waals surface area contributed by atoms with Crippen LogP contribution >= 0.6 is 11.6 Å². The summed E-state index contributed by atoms with van der Waals surface area (Å²) in [5, 5.41) is 19.1. The smallest absolute Gasteiger partial charge is 0.371 e. The summed E-state index contributed by atoms with van der Waals surface area (Å²) in [6, 6.07) is 9.35. The van der Waals surface area contributed by atoms with Crippen LogP contribution in [0.3, 0.4) is 0 Å². The number of carbonyl (C=O) groups is 1. The monoisotopic (exact) mass is 282 g/mol. The Morgan fingerprint density at radius 3 is 2.53 bits per heavy atom. The highest BCUT2D eigenvalue weighted by Crippen LogP contribution is 2.20. The molecule has 1 heterocycles. The first-order chi connectivity index (χ1) is 9.06. The number of aromatic carboxylic acids is 1. The average Bonchev–Trinajstić information content (AvgIpc) is 2.87. The number of furan rings is 1. The number of carboxylic acids is 1. The van der Waals surface area contributed by atoms with E-state index >= 15 is 0 Å². The van der Waals surface area contributed by atoms with Crippen molar-refractivity contribution >= 4 is 17.6 Å². The molecule has 0 radical (unpaired) electrons. The van der Waals surface area contributed by atoms with Gasteiger partial charge in [0.15, 0.2) is 0 Å². The van der Waals surface area contributed by atoms with Crippen LogP contribution in [0.5, 0.6) is 5.75 Å². The fraction of sp³-hybridized carbons (Fsp3) is 0.154. The first kappa shape index (κ1) is 13.5. The molecule has 100 valence electrons. The largest absolute Gasteiger partial charge is 0.490 e. The van der Waals surface area contributed by atoms with Gasteiger partial charge in [-0.05, 0) is 36.4 Å². The van der Waals surface area contributed by atoms with E-state index in [4.69, 9.17) is 25.9 Å². The Morgan fingerprint density at radius 1 is 1.26 bits per heavy atom. The summed E-state index contributed by atoms with van der Waals surface area (Å²) in [7, 11) is 0. The van der Waals surface area contributed by atoms with Gasteiger partial charge in [-0.3, -0.25) is 0 Å². The van der Waals surface area contributed by atoms with Crippen molar-refractivity contribution in [2.24, 2.45) is 0 Å². The summed E-state index contributed by atoms with van der Waals surface area (Å²) in [4.78, 5) is 10.6. The van der Waals surface area contributed by atoms with Crippen molar-refractivity contribution in [3.63, 3.8) is 0 Å². The molecule has 5 nitrogen and oxygen atoms in total. The lowest BCUT2D eigenvalue weighted by atomic mass is 10.3. The van der Waals surface area contributed by atoms with E-state index in [1.165, 1.54) is 12.1 Å². The van der Waals surface area contributed by atoms with E-state index in [0.717, 1.165) is 0 Å². The van der Waals surface area contributed by atoms with Crippen LogP contribution in [-0.2, 0) is 0 Å². The average molecular weight is 283 g/mol. The van der Waals surface area contributed by atoms with Crippen LogP contribution in [0.4, 0.5) is 0 Å². The van der Waals surface area contributed by atoms with E-state index in [1.807, 2.05) is 0 Å². The number of benzene rings is 1. The van der Waals surface area contributed by atoms with E-state index in [1.54, 1.807) is 24.3 Å². The molecule has 0 aliphatic carbocycles. The third-order valence-corrected chi connectivity index (χ3v) is 2.64. The molecule has 2 aromatic rings. The summed E-state index contributed by atoms with van der Waals surface area (Å²) in [5.74, 6) is -0.711. The highest BCUT2D eigenvalue weighted by atomic mass is 35.5. The van der Waals surface area contributed by atoms with Gasteiger partial charge in [-0.2, -0.15) is 0 Å². The maximum Gasteiger partial charge on any atom is 0.371 e. The fourth-order valence-corrected chi connectivity index (χ4v) is 1.56. The summed E-state index contributed by atoms with van der Waals surface area (Å²) in [6.07, 6.45) is -1.04. The molecule has 1 atom stereocenters. The number of hydrogen-bond acceptors (Lipinski definition) is 4. The van der Waals surface area contributed by atoms with Gasteiger partial charge in [-0.15, -0.1) is 0 Å². The Hall–Kier alpha value is -1.98. The number of ether oxygens (including phenoxy) is 1. The number of rotatable bonds is 5. The zero-order valence-corrected chi connectivity index (χ0v) is 10.5. The van der Waals surface area contributed by atoms with E-state index in [-0.39, 0.29) is 18.1 Å². The molecule has 0 fully saturated rings. The molecule has 0 saturated carbocycles. The third-order valence-electron chi connectivity index (χ3n) is 2.39. The highest BCUT2D eigenvalue weighted by Gasteiger charge is 2.16. The van der Waals surface area contributed by atoms with E-state index in [0.29, 0.717) is 10.8 Å². The van der Waals surface area contributed by atoms with Crippen molar-refractivity contribution in [3.8, 4) is 5.75 Å². The minimum absolute atomic E-state index is 0.0474. The summed E-state index contributed by atoms with van der Waals surface area (Å²) in [5.41, 5.74) is 0. The predicted molar refractivity (Wildman–Crippen MR) is 67.6 cm³/mol. The molecule has 6 heteroatoms. The van der Waals surface area contributed by atoms with Gasteiger partial charge >= 0.3 is 5.97 Å². The van der Waals surface area contributed by atoms with Gasteiger partial charge < -0.3 is 19.4 Å². The van der Waals surface area contributed by atoms with Crippen molar-refractivity contribution in [1.82, 2.24) is 0 Å². The molecule has 2 rings (SSSR count). The normalized spacial score (nSPS) is 12.1. The number of hydrogen-bond donors (Lipinski definition) is 2. The Balaban J connectivity index is 1.95. The number of carboxylic acid groups (broad SMARTS) is 1. The van der Waals surface area contributed by atoms with E-state index < -0.39 is 12.1 Å². The zero-order valence-electron chi connectivity index (χ0n) is 9.75. The lowest BCUT2D eigenvalue weighted by molar-refractivity contribution is 0.0630. The van der Waals surface area contributed by atoms with Crippen molar-refractivity contribution in [3.05, 3.63) is 52.9 Å². The second kappa shape index (κ2) is 5.77. The molecular weight excluding hydrogens is 272 g/mol. The fourth-order valence-electron chi connectivity index (χ4n) is 1.43. The minimum atomic E-state index is -1.18. The zero-order chi connectivity index (χ0) is 13.8. The van der Waals surface area contributed by atoms with Gasteiger partial charge in [0.25, 0.3) is 0 Å². The van der Waals surface area contributed by atoms with Crippen molar-refractivity contribution in [1.29, 1.82) is 0 Å². The number of aliphatic hydroxyl groups is 1. The standard InChI is InChI=1S/C13H11ClO5/c14-8-1-3-9(4-2-8)18-7-10(15)11-5-6-12(19-11)13(16)17/h1-6,10,15H,7H2,(H,16,17). The second-order valence-electron chi connectivity index (χ2n) is 3.79.